The first kappa shape index (κ1) is 15.4. The van der Waals surface area contributed by atoms with Crippen LogP contribution < -0.4 is 0 Å². The molecule has 0 rings (SSSR count). The van der Waals surface area contributed by atoms with Crippen molar-refractivity contribution in [3.8, 4) is 0 Å². The zero-order chi connectivity index (χ0) is 12.5. The van der Waals surface area contributed by atoms with Gasteiger partial charge >= 0.3 is 0 Å². The summed E-state index contributed by atoms with van der Waals surface area (Å²) in [6, 6.07) is 0. The molecule has 0 aliphatic heterocycles. The van der Waals surface area contributed by atoms with Crippen molar-refractivity contribution in [3.05, 3.63) is 0 Å². The molecule has 0 saturated heterocycles. The molecule has 15 heavy (non-hydrogen) atoms. The fraction of sp³-hybridized carbons (Fsp3) is 1.00. The third kappa shape index (κ3) is 3.43. The predicted molar refractivity (Wildman–Crippen MR) is 76.1 cm³/mol. The lowest BCUT2D eigenvalue weighted by molar-refractivity contribution is 0.106. The first-order chi connectivity index (χ1) is 6.45. The van der Waals surface area contributed by atoms with Gasteiger partial charge in [0.15, 0.2) is 0 Å². The van der Waals surface area contributed by atoms with Crippen molar-refractivity contribution >= 4 is 16.1 Å². The molecule has 0 aromatic carbocycles. The molecule has 0 amide bonds. The second kappa shape index (κ2) is 4.72. The average molecular weight is 247 g/mol. The average Bonchev–Trinajstić information content (AvgIpc) is 1.99. The fourth-order valence-corrected chi connectivity index (χ4v) is 13.2. The van der Waals surface area contributed by atoms with E-state index in [0.29, 0.717) is 10.8 Å². The monoisotopic (exact) mass is 246 g/mol. The highest BCUT2D eigenvalue weighted by Crippen LogP contribution is 2.50. The minimum atomic E-state index is -1.14. The molecule has 0 spiro atoms. The zero-order valence-electron chi connectivity index (χ0n) is 12.2. The Morgan fingerprint density at radius 3 is 1.53 bits per heavy atom. The Bertz CT molecular complexity index is 187. The van der Waals surface area contributed by atoms with Gasteiger partial charge < -0.3 is 4.74 Å². The molecule has 92 valence electrons. The van der Waals surface area contributed by atoms with E-state index in [-0.39, 0.29) is 0 Å². The van der Waals surface area contributed by atoms with Crippen LogP contribution in [0.1, 0.15) is 20.3 Å². The second-order valence-corrected chi connectivity index (χ2v) is 18.8. The van der Waals surface area contributed by atoms with Gasteiger partial charge in [0.25, 0.3) is 0 Å². The van der Waals surface area contributed by atoms with Gasteiger partial charge in [-0.1, -0.05) is 46.2 Å². The first-order valence-electron chi connectivity index (χ1n) is 5.98. The summed E-state index contributed by atoms with van der Waals surface area (Å²) in [7, 11) is -0.454. The SMILES string of the molecule is COC(C)CC(C)([Si](C)(C)C)[Si](C)(C)C. The highest BCUT2D eigenvalue weighted by atomic mass is 28.4. The van der Waals surface area contributed by atoms with E-state index in [1.54, 1.807) is 0 Å². The Balaban J connectivity index is 5.06. The molecular formula is C12H30OSi2. The lowest BCUT2D eigenvalue weighted by Gasteiger charge is -2.50. The Hall–Kier alpha value is 0.394. The minimum absolute atomic E-state index is 0.397. The molecule has 0 N–H and O–H groups in total. The smallest absolute Gasteiger partial charge is 0.0543 e. The maximum absolute atomic E-state index is 5.48. The molecule has 3 heteroatoms. The van der Waals surface area contributed by atoms with Crippen LogP contribution in [0.3, 0.4) is 0 Å². The molecule has 0 radical (unpaired) electrons. The van der Waals surface area contributed by atoms with Gasteiger partial charge in [-0.2, -0.15) is 0 Å². The van der Waals surface area contributed by atoms with E-state index in [4.69, 9.17) is 4.74 Å². The number of methoxy groups -OCH3 is 1. The molecule has 0 aliphatic carbocycles. The van der Waals surface area contributed by atoms with Crippen LogP contribution in [-0.4, -0.2) is 29.4 Å². The van der Waals surface area contributed by atoms with Gasteiger partial charge in [-0.25, -0.2) is 0 Å². The molecule has 0 fully saturated rings. The van der Waals surface area contributed by atoms with Gasteiger partial charge in [0.1, 0.15) is 0 Å². The molecule has 0 aliphatic rings. The number of hydrogen-bond donors (Lipinski definition) is 0. The fourth-order valence-electron chi connectivity index (χ4n) is 2.40. The van der Waals surface area contributed by atoms with Gasteiger partial charge in [-0.05, 0) is 18.0 Å². The molecular weight excluding hydrogens is 216 g/mol. The molecule has 0 aromatic rings. The van der Waals surface area contributed by atoms with Crippen molar-refractivity contribution in [3.63, 3.8) is 0 Å². The molecule has 1 atom stereocenters. The van der Waals surface area contributed by atoms with Crippen molar-refractivity contribution in [1.29, 1.82) is 0 Å². The summed E-state index contributed by atoms with van der Waals surface area (Å²) in [5.74, 6) is 0. The Labute approximate surface area is 98.6 Å². The number of rotatable bonds is 5. The van der Waals surface area contributed by atoms with Crippen LogP contribution >= 0.6 is 0 Å². The molecule has 0 saturated carbocycles. The highest BCUT2D eigenvalue weighted by molar-refractivity contribution is 6.98. The van der Waals surface area contributed by atoms with Gasteiger partial charge in [0.05, 0.1) is 6.10 Å². The van der Waals surface area contributed by atoms with Crippen molar-refractivity contribution in [2.24, 2.45) is 0 Å². The highest BCUT2D eigenvalue weighted by Gasteiger charge is 2.49. The van der Waals surface area contributed by atoms with Crippen molar-refractivity contribution in [2.45, 2.75) is 70.3 Å². The number of hydrogen-bond acceptors (Lipinski definition) is 1. The minimum Gasteiger partial charge on any atom is -0.382 e. The van der Waals surface area contributed by atoms with E-state index in [0.717, 1.165) is 0 Å². The Morgan fingerprint density at radius 1 is 1.00 bits per heavy atom. The van der Waals surface area contributed by atoms with Crippen LogP contribution in [0.25, 0.3) is 0 Å². The molecule has 0 heterocycles. The quantitative estimate of drug-likeness (QED) is 0.654. The van der Waals surface area contributed by atoms with E-state index in [1.165, 1.54) is 6.42 Å². The predicted octanol–water partition coefficient (Wildman–Crippen LogP) is 4.39. The van der Waals surface area contributed by atoms with Crippen LogP contribution in [0.5, 0.6) is 0 Å². The normalized spacial score (nSPS) is 16.6. The van der Waals surface area contributed by atoms with Gasteiger partial charge in [0.2, 0.25) is 0 Å². The summed E-state index contributed by atoms with van der Waals surface area (Å²) in [6.07, 6.45) is 1.63. The number of ether oxygens (including phenoxy) is 1. The summed E-state index contributed by atoms with van der Waals surface area (Å²) < 4.78 is 6.03. The van der Waals surface area contributed by atoms with Crippen molar-refractivity contribution in [2.75, 3.05) is 7.11 Å². The largest absolute Gasteiger partial charge is 0.382 e. The van der Waals surface area contributed by atoms with E-state index >= 15 is 0 Å². The maximum atomic E-state index is 5.48. The molecule has 0 aromatic heterocycles. The topological polar surface area (TPSA) is 9.23 Å². The maximum Gasteiger partial charge on any atom is 0.0543 e. The lowest BCUT2D eigenvalue weighted by Crippen LogP contribution is -2.53. The third-order valence-corrected chi connectivity index (χ3v) is 15.9. The summed E-state index contributed by atoms with van der Waals surface area (Å²) in [4.78, 5) is 0. The Kier molecular flexibility index (Phi) is 4.84. The summed E-state index contributed by atoms with van der Waals surface area (Å²) in [5, 5.41) is 0. The van der Waals surface area contributed by atoms with Crippen LogP contribution in [0.4, 0.5) is 0 Å². The van der Waals surface area contributed by atoms with Crippen LogP contribution in [-0.2, 0) is 4.74 Å². The first-order valence-corrected chi connectivity index (χ1v) is 13.0. The van der Waals surface area contributed by atoms with Gasteiger partial charge in [0, 0.05) is 23.3 Å². The standard InChI is InChI=1S/C12H30OSi2/c1-11(13-3)10-12(2,14(4,5)6)15(7,8)9/h11H,10H2,1-9H3. The van der Waals surface area contributed by atoms with Crippen molar-refractivity contribution in [1.82, 2.24) is 0 Å². The summed E-state index contributed by atoms with van der Waals surface area (Å²) in [6.45, 7) is 19.8. The van der Waals surface area contributed by atoms with E-state index in [9.17, 15) is 0 Å². The van der Waals surface area contributed by atoms with Crippen LogP contribution in [0.15, 0.2) is 0 Å². The molecule has 1 nitrogen and oxygen atoms in total. The second-order valence-electron chi connectivity index (χ2n) is 7.08. The van der Waals surface area contributed by atoms with Crippen molar-refractivity contribution < 1.29 is 4.74 Å². The lowest BCUT2D eigenvalue weighted by atomic mass is 10.2. The van der Waals surface area contributed by atoms with E-state index in [1.807, 2.05) is 7.11 Å². The molecule has 0 bridgehead atoms. The molecule has 1 unspecified atom stereocenters. The van der Waals surface area contributed by atoms with E-state index < -0.39 is 16.1 Å². The Morgan fingerprint density at radius 2 is 1.33 bits per heavy atom. The summed E-state index contributed by atoms with van der Waals surface area (Å²) >= 11 is 0. The third-order valence-electron chi connectivity index (χ3n) is 4.41. The summed E-state index contributed by atoms with van der Waals surface area (Å²) in [5.41, 5.74) is 0. The van der Waals surface area contributed by atoms with E-state index in [2.05, 4.69) is 53.1 Å². The van der Waals surface area contributed by atoms with Gasteiger partial charge in [-0.3, -0.25) is 0 Å². The zero-order valence-corrected chi connectivity index (χ0v) is 14.2. The van der Waals surface area contributed by atoms with Crippen LogP contribution in [0, 0.1) is 0 Å². The van der Waals surface area contributed by atoms with Gasteiger partial charge in [-0.15, -0.1) is 0 Å². The van der Waals surface area contributed by atoms with Crippen LogP contribution in [0.2, 0.25) is 43.9 Å².